The Morgan fingerprint density at radius 2 is 1.16 bits per heavy atom. The average Bonchev–Trinajstić information content (AvgIpc) is 2.93. The molecule has 0 unspecified atom stereocenters. The second-order valence-corrected chi connectivity index (χ2v) is 11.8. The molecule has 0 heterocycles. The van der Waals surface area contributed by atoms with Crippen molar-refractivity contribution in [3.8, 4) is 17.6 Å². The molecule has 0 spiro atoms. The molecular formula is C31H25NO5S. The fourth-order valence-electron chi connectivity index (χ4n) is 3.83. The molecule has 4 aromatic carbocycles. The Kier molecular flexibility index (Phi) is 7.29. The van der Waals surface area contributed by atoms with E-state index in [9.17, 15) is 18.0 Å². The summed E-state index contributed by atoms with van der Waals surface area (Å²) in [5.74, 6) is 0.247. The molecule has 0 amide bonds. The molecule has 190 valence electrons. The maximum absolute atomic E-state index is 13.2. The third-order valence-electron chi connectivity index (χ3n) is 6.29. The maximum Gasteiger partial charge on any atom is 0.193 e. The Bertz CT molecular complexity index is 1630. The highest BCUT2D eigenvalue weighted by molar-refractivity contribution is 7.93. The molecular weight excluding hydrogens is 498 g/mol. The topological polar surface area (TPSA) is 101 Å². The van der Waals surface area contributed by atoms with Gasteiger partial charge in [-0.25, -0.2) is 8.42 Å². The van der Waals surface area contributed by atoms with E-state index in [2.05, 4.69) is 0 Å². The lowest BCUT2D eigenvalue weighted by Crippen LogP contribution is -2.40. The van der Waals surface area contributed by atoms with Crippen LogP contribution in [0.15, 0.2) is 102 Å². The van der Waals surface area contributed by atoms with E-state index >= 15 is 0 Å². The molecule has 0 fully saturated rings. The van der Waals surface area contributed by atoms with Crippen LogP contribution in [-0.2, 0) is 9.84 Å². The van der Waals surface area contributed by atoms with Crippen molar-refractivity contribution >= 4 is 21.4 Å². The number of benzene rings is 4. The smallest absolute Gasteiger partial charge is 0.193 e. The normalized spacial score (nSPS) is 11.4. The zero-order chi connectivity index (χ0) is 27.5. The van der Waals surface area contributed by atoms with Gasteiger partial charge in [0.05, 0.1) is 16.5 Å². The number of nitriles is 1. The van der Waals surface area contributed by atoms with E-state index in [-0.39, 0.29) is 16.2 Å². The Hall–Kier alpha value is -4.54. The summed E-state index contributed by atoms with van der Waals surface area (Å²) in [6.07, 6.45) is 0. The summed E-state index contributed by atoms with van der Waals surface area (Å²) in [5.41, 5.74) is 2.61. The predicted molar refractivity (Wildman–Crippen MR) is 144 cm³/mol. The number of ketones is 2. The van der Waals surface area contributed by atoms with Gasteiger partial charge in [0.1, 0.15) is 16.2 Å². The van der Waals surface area contributed by atoms with Crippen LogP contribution < -0.4 is 4.74 Å². The van der Waals surface area contributed by atoms with Gasteiger partial charge in [-0.15, -0.1) is 0 Å². The molecule has 0 aliphatic carbocycles. The second kappa shape index (κ2) is 10.4. The summed E-state index contributed by atoms with van der Waals surface area (Å²) in [6.45, 7) is 4.69. The first-order valence-corrected chi connectivity index (χ1v) is 13.3. The first-order valence-electron chi connectivity index (χ1n) is 11.8. The highest BCUT2D eigenvalue weighted by Crippen LogP contribution is 2.30. The summed E-state index contributed by atoms with van der Waals surface area (Å²) in [5, 5.41) is 8.91. The van der Waals surface area contributed by atoms with Gasteiger partial charge in [0.25, 0.3) is 0 Å². The van der Waals surface area contributed by atoms with Crippen LogP contribution in [0.25, 0.3) is 0 Å². The van der Waals surface area contributed by atoms with Crippen molar-refractivity contribution in [2.45, 2.75) is 30.4 Å². The summed E-state index contributed by atoms with van der Waals surface area (Å²) >= 11 is 0. The van der Waals surface area contributed by atoms with E-state index in [1.54, 1.807) is 72.8 Å². The molecule has 0 N–H and O–H groups in total. The van der Waals surface area contributed by atoms with Crippen LogP contribution >= 0.6 is 0 Å². The van der Waals surface area contributed by atoms with Gasteiger partial charge in [-0.1, -0.05) is 17.7 Å². The molecule has 0 radical (unpaired) electrons. The number of hydrogen-bond acceptors (Lipinski definition) is 6. The number of nitrogens with zero attached hydrogens (tertiary/aromatic N) is 1. The average molecular weight is 524 g/mol. The van der Waals surface area contributed by atoms with Gasteiger partial charge in [0.15, 0.2) is 21.4 Å². The van der Waals surface area contributed by atoms with Crippen LogP contribution in [0.2, 0.25) is 0 Å². The number of aryl methyl sites for hydroxylation is 1. The van der Waals surface area contributed by atoms with Crippen molar-refractivity contribution < 1.29 is 22.7 Å². The lowest BCUT2D eigenvalue weighted by atomic mass is 10.0. The van der Waals surface area contributed by atoms with E-state index in [0.717, 1.165) is 5.56 Å². The predicted octanol–water partition coefficient (Wildman–Crippen LogP) is 6.33. The number of hydrogen-bond donors (Lipinski definition) is 0. The summed E-state index contributed by atoms with van der Waals surface area (Å²) in [6, 6.07) is 27.7. The van der Waals surface area contributed by atoms with E-state index < -0.39 is 20.4 Å². The van der Waals surface area contributed by atoms with Crippen molar-refractivity contribution in [2.75, 3.05) is 0 Å². The van der Waals surface area contributed by atoms with Crippen molar-refractivity contribution in [1.82, 2.24) is 0 Å². The van der Waals surface area contributed by atoms with Gasteiger partial charge in [0.2, 0.25) is 0 Å². The minimum atomic E-state index is -3.92. The van der Waals surface area contributed by atoms with Gasteiger partial charge >= 0.3 is 0 Å². The Morgan fingerprint density at radius 1 is 0.711 bits per heavy atom. The Morgan fingerprint density at radius 3 is 1.63 bits per heavy atom. The van der Waals surface area contributed by atoms with Gasteiger partial charge in [-0.2, -0.15) is 5.26 Å². The number of sulfone groups is 1. The zero-order valence-electron chi connectivity index (χ0n) is 21.1. The van der Waals surface area contributed by atoms with Crippen LogP contribution in [0.3, 0.4) is 0 Å². The fraction of sp³-hybridized carbons (Fsp3) is 0.129. The van der Waals surface area contributed by atoms with Crippen LogP contribution in [-0.4, -0.2) is 24.7 Å². The minimum absolute atomic E-state index is 0.0996. The third kappa shape index (κ3) is 5.26. The van der Waals surface area contributed by atoms with Gasteiger partial charge in [-0.05, 0) is 106 Å². The lowest BCUT2D eigenvalue weighted by Gasteiger charge is -2.23. The van der Waals surface area contributed by atoms with Crippen LogP contribution in [0, 0.1) is 18.3 Å². The quantitative estimate of drug-likeness (QED) is 0.250. The van der Waals surface area contributed by atoms with Crippen LogP contribution in [0.4, 0.5) is 0 Å². The van der Waals surface area contributed by atoms with Crippen molar-refractivity contribution in [1.29, 1.82) is 5.26 Å². The lowest BCUT2D eigenvalue weighted by molar-refractivity contribution is 0.0953. The van der Waals surface area contributed by atoms with Crippen molar-refractivity contribution in [3.63, 3.8) is 0 Å². The number of Topliss-reactive ketones (excluding diaryl/α,β-unsaturated/α-hetero) is 1. The third-order valence-corrected chi connectivity index (χ3v) is 8.72. The standard InChI is InChI=1S/C31H25NO5S/c1-21-4-18-28(19-5-21)38(35,36)31(2,3)30(34)25-12-16-27(17-13-25)37-26-14-10-24(11-15-26)29(33)23-8-6-22(20-32)7-9-23/h4-19H,1-3H3. The molecule has 0 atom stereocenters. The van der Waals surface area contributed by atoms with E-state index in [4.69, 9.17) is 10.00 Å². The number of carbonyl (C=O) groups excluding carboxylic acids is 2. The molecule has 0 bridgehead atoms. The number of ether oxygens (including phenoxy) is 1. The largest absolute Gasteiger partial charge is 0.457 e. The SMILES string of the molecule is Cc1ccc(S(=O)(=O)C(C)(C)C(=O)c2ccc(Oc3ccc(C(=O)c4ccc(C#N)cc4)cc3)cc2)cc1. The zero-order valence-corrected chi connectivity index (χ0v) is 22.0. The molecule has 0 aliphatic rings. The highest BCUT2D eigenvalue weighted by atomic mass is 32.2. The van der Waals surface area contributed by atoms with Crippen molar-refractivity contribution in [3.05, 3.63) is 125 Å². The molecule has 0 saturated carbocycles. The van der Waals surface area contributed by atoms with Gasteiger partial charge in [-0.3, -0.25) is 9.59 Å². The first kappa shape index (κ1) is 26.5. The summed E-state index contributed by atoms with van der Waals surface area (Å²) in [7, 11) is -3.92. The number of carbonyl (C=O) groups is 2. The maximum atomic E-state index is 13.2. The monoisotopic (exact) mass is 523 g/mol. The van der Waals surface area contributed by atoms with Gasteiger partial charge < -0.3 is 4.74 Å². The second-order valence-electron chi connectivity index (χ2n) is 9.33. The van der Waals surface area contributed by atoms with Crippen LogP contribution in [0.5, 0.6) is 11.5 Å². The van der Waals surface area contributed by atoms with E-state index in [1.807, 2.05) is 13.0 Å². The fourth-order valence-corrected chi connectivity index (χ4v) is 5.27. The first-order chi connectivity index (χ1) is 18.0. The molecule has 38 heavy (non-hydrogen) atoms. The molecule has 6 nitrogen and oxygen atoms in total. The molecule has 0 aliphatic heterocycles. The molecule has 0 aromatic heterocycles. The number of rotatable bonds is 8. The van der Waals surface area contributed by atoms with E-state index in [0.29, 0.717) is 28.2 Å². The summed E-state index contributed by atoms with van der Waals surface area (Å²) in [4.78, 5) is 26.0. The Balaban J connectivity index is 1.46. The van der Waals surface area contributed by atoms with E-state index in [1.165, 1.54) is 38.1 Å². The van der Waals surface area contributed by atoms with Gasteiger partial charge in [0, 0.05) is 16.7 Å². The van der Waals surface area contributed by atoms with Crippen LogP contribution in [0.1, 0.15) is 51.3 Å². The van der Waals surface area contributed by atoms with Crippen molar-refractivity contribution in [2.24, 2.45) is 0 Å². The molecule has 7 heteroatoms. The molecule has 0 saturated heterocycles. The molecule has 4 aromatic rings. The minimum Gasteiger partial charge on any atom is -0.457 e. The Labute approximate surface area is 222 Å². The highest BCUT2D eigenvalue weighted by Gasteiger charge is 2.43. The molecule has 4 rings (SSSR count). The summed E-state index contributed by atoms with van der Waals surface area (Å²) < 4.78 is 30.6.